The van der Waals surface area contributed by atoms with Crippen molar-refractivity contribution in [1.82, 2.24) is 9.88 Å². The van der Waals surface area contributed by atoms with Crippen molar-refractivity contribution in [1.29, 1.82) is 0 Å². The van der Waals surface area contributed by atoms with Gasteiger partial charge in [-0.1, -0.05) is 6.08 Å². The van der Waals surface area contributed by atoms with Gasteiger partial charge in [0, 0.05) is 30.1 Å². The van der Waals surface area contributed by atoms with Crippen LogP contribution < -0.4 is 16.3 Å². The minimum absolute atomic E-state index is 0.171. The molecule has 0 spiro atoms. The summed E-state index contributed by atoms with van der Waals surface area (Å²) in [6.45, 7) is 0. The Morgan fingerprint density at radius 1 is 1.53 bits per heavy atom. The summed E-state index contributed by atoms with van der Waals surface area (Å²) in [5.41, 5.74) is 7.45. The number of fused-ring (bicyclic) bond motifs is 2. The third kappa shape index (κ3) is 1.20. The Bertz CT molecular complexity index is 506. The molecule has 1 saturated heterocycles. The molecule has 2 aliphatic rings. The molecule has 1 aliphatic carbocycles. The molecule has 2 N–H and O–H groups in total. The molecular formula is C12H15N3. The summed E-state index contributed by atoms with van der Waals surface area (Å²) in [6.07, 6.45) is 6.40. The molecule has 0 radical (unpaired) electrons. The quantitative estimate of drug-likeness (QED) is 0.621. The van der Waals surface area contributed by atoms with E-state index in [-0.39, 0.29) is 6.17 Å². The van der Waals surface area contributed by atoms with Crippen LogP contribution in [0.3, 0.4) is 0 Å². The van der Waals surface area contributed by atoms with Gasteiger partial charge in [-0.2, -0.15) is 0 Å². The zero-order valence-corrected chi connectivity index (χ0v) is 8.85. The first kappa shape index (κ1) is 8.92. The van der Waals surface area contributed by atoms with Crippen molar-refractivity contribution in [2.75, 3.05) is 7.05 Å². The van der Waals surface area contributed by atoms with Gasteiger partial charge in [-0.15, -0.1) is 0 Å². The molecule has 78 valence electrons. The van der Waals surface area contributed by atoms with E-state index in [4.69, 9.17) is 5.73 Å². The van der Waals surface area contributed by atoms with Crippen LogP contribution >= 0.6 is 0 Å². The number of rotatable bonds is 0. The van der Waals surface area contributed by atoms with Crippen LogP contribution in [0.15, 0.2) is 18.3 Å². The second-order valence-corrected chi connectivity index (χ2v) is 4.37. The van der Waals surface area contributed by atoms with Crippen LogP contribution in [-0.4, -0.2) is 23.1 Å². The zero-order chi connectivity index (χ0) is 10.4. The molecular weight excluding hydrogens is 186 g/mol. The maximum Gasteiger partial charge on any atom is 0.0771 e. The molecule has 3 nitrogen and oxygen atoms in total. The van der Waals surface area contributed by atoms with Gasteiger partial charge in [0.05, 0.1) is 11.5 Å². The minimum atomic E-state index is 0.171. The first-order valence-corrected chi connectivity index (χ1v) is 5.41. The van der Waals surface area contributed by atoms with Gasteiger partial charge in [-0.3, -0.25) is 4.98 Å². The van der Waals surface area contributed by atoms with E-state index in [0.29, 0.717) is 5.92 Å². The highest BCUT2D eigenvalue weighted by Crippen LogP contribution is 2.33. The molecule has 3 rings (SSSR count). The lowest BCUT2D eigenvalue weighted by molar-refractivity contribution is 0.388. The zero-order valence-electron chi connectivity index (χ0n) is 8.85. The SMILES string of the molecule is CN1C2=c3cccnc3=CCC2CC1N. The molecule has 0 aromatic carbocycles. The predicted molar refractivity (Wildman–Crippen MR) is 59.8 cm³/mol. The molecule has 2 atom stereocenters. The summed E-state index contributed by atoms with van der Waals surface area (Å²) in [7, 11) is 2.09. The molecule has 2 heterocycles. The van der Waals surface area contributed by atoms with Crippen LogP contribution in [-0.2, 0) is 0 Å². The van der Waals surface area contributed by atoms with E-state index in [1.54, 1.807) is 0 Å². The molecule has 15 heavy (non-hydrogen) atoms. The van der Waals surface area contributed by atoms with Gasteiger partial charge >= 0.3 is 0 Å². The Balaban J connectivity index is 2.32. The fourth-order valence-electron chi connectivity index (χ4n) is 2.70. The predicted octanol–water partition coefficient (Wildman–Crippen LogP) is -0.389. The summed E-state index contributed by atoms with van der Waals surface area (Å²) in [5, 5.41) is 2.38. The van der Waals surface area contributed by atoms with Gasteiger partial charge in [-0.25, -0.2) is 0 Å². The Hall–Kier alpha value is -1.35. The minimum Gasteiger partial charge on any atom is -0.362 e. The van der Waals surface area contributed by atoms with E-state index < -0.39 is 0 Å². The monoisotopic (exact) mass is 201 g/mol. The van der Waals surface area contributed by atoms with Crippen molar-refractivity contribution in [2.45, 2.75) is 19.0 Å². The van der Waals surface area contributed by atoms with Crippen molar-refractivity contribution < 1.29 is 0 Å². The van der Waals surface area contributed by atoms with Crippen molar-refractivity contribution in [3.63, 3.8) is 0 Å². The molecule has 1 aromatic rings. The molecule has 1 aliphatic heterocycles. The summed E-state index contributed by atoms with van der Waals surface area (Å²) in [5.74, 6) is 0.599. The largest absolute Gasteiger partial charge is 0.362 e. The topological polar surface area (TPSA) is 42.2 Å². The number of hydrogen-bond donors (Lipinski definition) is 1. The molecule has 1 fully saturated rings. The fraction of sp³-hybridized carbons (Fsp3) is 0.417. The lowest BCUT2D eigenvalue weighted by atomic mass is 9.95. The maximum absolute atomic E-state index is 6.07. The molecule has 1 aromatic heterocycles. The Labute approximate surface area is 88.9 Å². The van der Waals surface area contributed by atoms with E-state index in [1.165, 1.54) is 10.9 Å². The average Bonchev–Trinajstić information content (AvgIpc) is 2.55. The summed E-state index contributed by atoms with van der Waals surface area (Å²) < 4.78 is 0. The highest BCUT2D eigenvalue weighted by molar-refractivity contribution is 5.54. The van der Waals surface area contributed by atoms with Crippen LogP contribution in [0, 0.1) is 5.92 Å². The van der Waals surface area contributed by atoms with Gasteiger partial charge in [0.2, 0.25) is 0 Å². The van der Waals surface area contributed by atoms with Crippen LogP contribution in [0.4, 0.5) is 0 Å². The maximum atomic E-state index is 6.07. The van der Waals surface area contributed by atoms with E-state index in [1.807, 2.05) is 12.3 Å². The van der Waals surface area contributed by atoms with E-state index in [0.717, 1.165) is 18.2 Å². The first-order valence-electron chi connectivity index (χ1n) is 5.41. The van der Waals surface area contributed by atoms with Crippen molar-refractivity contribution in [3.05, 3.63) is 28.9 Å². The van der Waals surface area contributed by atoms with Gasteiger partial charge < -0.3 is 10.6 Å². The Morgan fingerprint density at radius 3 is 3.27 bits per heavy atom. The van der Waals surface area contributed by atoms with Crippen LogP contribution in [0.25, 0.3) is 11.8 Å². The van der Waals surface area contributed by atoms with Crippen molar-refractivity contribution in [3.8, 4) is 0 Å². The highest BCUT2D eigenvalue weighted by atomic mass is 15.2. The standard InChI is InChI=1S/C12H15N3/c1-15-11(13)7-8-4-5-10-9(12(8)15)3-2-6-14-10/h2-3,5-6,8,11H,4,7,13H2,1H3. The fourth-order valence-corrected chi connectivity index (χ4v) is 2.70. The number of aromatic nitrogens is 1. The first-order chi connectivity index (χ1) is 7.27. The van der Waals surface area contributed by atoms with Gasteiger partial charge in [0.25, 0.3) is 0 Å². The summed E-state index contributed by atoms with van der Waals surface area (Å²) >= 11 is 0. The smallest absolute Gasteiger partial charge is 0.0771 e. The van der Waals surface area contributed by atoms with E-state index >= 15 is 0 Å². The highest BCUT2D eigenvalue weighted by Gasteiger charge is 2.32. The normalized spacial score (nSPS) is 28.4. The molecule has 0 bridgehead atoms. The van der Waals surface area contributed by atoms with Crippen LogP contribution in [0.2, 0.25) is 0 Å². The summed E-state index contributed by atoms with van der Waals surface area (Å²) in [4.78, 5) is 6.60. The second-order valence-electron chi connectivity index (χ2n) is 4.37. The number of nitrogens with zero attached hydrogens (tertiary/aromatic N) is 2. The number of pyridine rings is 1. The van der Waals surface area contributed by atoms with Gasteiger partial charge in [0.15, 0.2) is 0 Å². The van der Waals surface area contributed by atoms with E-state index in [9.17, 15) is 0 Å². The summed E-state index contributed by atoms with van der Waals surface area (Å²) in [6, 6.07) is 4.15. The molecule has 0 amide bonds. The number of hydrogen-bond acceptors (Lipinski definition) is 3. The lowest BCUT2D eigenvalue weighted by Crippen LogP contribution is -2.39. The van der Waals surface area contributed by atoms with Crippen LogP contribution in [0.1, 0.15) is 12.8 Å². The van der Waals surface area contributed by atoms with E-state index in [2.05, 4.69) is 29.1 Å². The third-order valence-corrected chi connectivity index (χ3v) is 3.50. The Morgan fingerprint density at radius 2 is 2.40 bits per heavy atom. The third-order valence-electron chi connectivity index (χ3n) is 3.50. The van der Waals surface area contributed by atoms with Crippen LogP contribution in [0.5, 0.6) is 0 Å². The number of likely N-dealkylation sites (tertiary alicyclic amines) is 1. The van der Waals surface area contributed by atoms with Crippen molar-refractivity contribution >= 4 is 11.8 Å². The number of nitrogens with two attached hydrogens (primary N) is 1. The molecule has 2 unspecified atom stereocenters. The molecule has 0 saturated carbocycles. The second kappa shape index (κ2) is 3.07. The Kier molecular flexibility index (Phi) is 1.83. The van der Waals surface area contributed by atoms with Gasteiger partial charge in [0.1, 0.15) is 0 Å². The average molecular weight is 201 g/mol. The van der Waals surface area contributed by atoms with Gasteiger partial charge in [-0.05, 0) is 25.0 Å². The molecule has 3 heteroatoms. The lowest BCUT2D eigenvalue weighted by Gasteiger charge is -2.21. The van der Waals surface area contributed by atoms with Crippen molar-refractivity contribution in [2.24, 2.45) is 11.7 Å².